The molecule has 0 radical (unpaired) electrons. The molecule has 1 aliphatic heterocycles. The minimum Gasteiger partial charge on any atom is -0.485 e. The van der Waals surface area contributed by atoms with E-state index in [0.29, 0.717) is 17.8 Å². The number of rotatable bonds is 4. The second kappa shape index (κ2) is 5.96. The highest BCUT2D eigenvalue weighted by atomic mass is 16.6. The van der Waals surface area contributed by atoms with Gasteiger partial charge in [0, 0.05) is 23.9 Å². The summed E-state index contributed by atoms with van der Waals surface area (Å²) in [7, 11) is 0. The van der Waals surface area contributed by atoms with E-state index in [9.17, 15) is 9.59 Å². The van der Waals surface area contributed by atoms with Gasteiger partial charge < -0.3 is 13.9 Å². The number of fused-ring (bicyclic) bond motifs is 2. The Balaban J connectivity index is 1.83. The second-order valence-electron chi connectivity index (χ2n) is 6.90. The molecule has 24 heavy (non-hydrogen) atoms. The normalized spacial score (nSPS) is 18.1. The molecule has 2 heterocycles. The summed E-state index contributed by atoms with van der Waals surface area (Å²) < 4.78 is 16.9. The summed E-state index contributed by atoms with van der Waals surface area (Å²) in [6, 6.07) is 6.83. The van der Waals surface area contributed by atoms with Crippen LogP contribution in [0.4, 0.5) is 0 Å². The lowest BCUT2D eigenvalue weighted by Gasteiger charge is -2.31. The van der Waals surface area contributed by atoms with Crippen LogP contribution in [0.5, 0.6) is 5.75 Å². The van der Waals surface area contributed by atoms with Crippen molar-refractivity contribution in [2.45, 2.75) is 52.2 Å². The number of hydrogen-bond acceptors (Lipinski definition) is 5. The Morgan fingerprint density at radius 2 is 2.12 bits per heavy atom. The van der Waals surface area contributed by atoms with Gasteiger partial charge in [-0.1, -0.05) is 13.8 Å². The van der Waals surface area contributed by atoms with Gasteiger partial charge in [-0.15, -0.1) is 0 Å². The van der Waals surface area contributed by atoms with E-state index in [1.54, 1.807) is 12.1 Å². The first-order valence-electron chi connectivity index (χ1n) is 8.26. The fourth-order valence-corrected chi connectivity index (χ4v) is 2.79. The highest BCUT2D eigenvalue weighted by molar-refractivity contribution is 5.79. The van der Waals surface area contributed by atoms with Crippen LogP contribution in [0.25, 0.3) is 11.0 Å². The SMILES string of the molecule is CCC(C)C(=O)OC(C)(C)C1Cc2cc3ccc(=O)oc3cc2O1. The first-order chi connectivity index (χ1) is 11.3. The van der Waals surface area contributed by atoms with Crippen LogP contribution in [-0.2, 0) is 16.0 Å². The minimum absolute atomic E-state index is 0.134. The van der Waals surface area contributed by atoms with Crippen molar-refractivity contribution in [2.75, 3.05) is 0 Å². The van der Waals surface area contributed by atoms with E-state index < -0.39 is 5.60 Å². The third-order valence-corrected chi connectivity index (χ3v) is 4.63. The van der Waals surface area contributed by atoms with Crippen molar-refractivity contribution in [3.63, 3.8) is 0 Å². The molecule has 0 aliphatic carbocycles. The van der Waals surface area contributed by atoms with Crippen LogP contribution in [0.3, 0.4) is 0 Å². The Kier molecular flexibility index (Phi) is 4.11. The summed E-state index contributed by atoms with van der Waals surface area (Å²) in [5.41, 5.74) is 0.386. The molecule has 0 fully saturated rings. The first kappa shape index (κ1) is 16.6. The molecule has 2 atom stereocenters. The molecule has 0 N–H and O–H groups in total. The zero-order chi connectivity index (χ0) is 17.5. The second-order valence-corrected chi connectivity index (χ2v) is 6.90. The van der Waals surface area contributed by atoms with Crippen molar-refractivity contribution >= 4 is 16.9 Å². The van der Waals surface area contributed by atoms with Gasteiger partial charge in [0.2, 0.25) is 0 Å². The number of hydrogen-bond donors (Lipinski definition) is 0. The van der Waals surface area contributed by atoms with Crippen molar-refractivity contribution in [2.24, 2.45) is 5.92 Å². The van der Waals surface area contributed by atoms with Crippen LogP contribution in [0.15, 0.2) is 33.5 Å². The molecule has 0 spiro atoms. The Morgan fingerprint density at radius 3 is 2.83 bits per heavy atom. The lowest BCUT2D eigenvalue weighted by atomic mass is 9.96. The molecule has 2 aromatic rings. The maximum absolute atomic E-state index is 12.1. The van der Waals surface area contributed by atoms with Crippen LogP contribution in [0.2, 0.25) is 0 Å². The molecule has 128 valence electrons. The molecule has 1 aliphatic rings. The van der Waals surface area contributed by atoms with Crippen LogP contribution in [0, 0.1) is 5.92 Å². The van der Waals surface area contributed by atoms with Gasteiger partial charge in [-0.25, -0.2) is 4.79 Å². The predicted octanol–water partition coefficient (Wildman–Crippen LogP) is 3.46. The molecule has 2 unspecified atom stereocenters. The van der Waals surface area contributed by atoms with Crippen molar-refractivity contribution in [3.05, 3.63) is 40.2 Å². The van der Waals surface area contributed by atoms with E-state index in [-0.39, 0.29) is 23.6 Å². The molecule has 1 aromatic carbocycles. The first-order valence-corrected chi connectivity index (χ1v) is 8.26. The average molecular weight is 330 g/mol. The zero-order valence-electron chi connectivity index (χ0n) is 14.4. The van der Waals surface area contributed by atoms with Crippen molar-refractivity contribution < 1.29 is 18.7 Å². The van der Waals surface area contributed by atoms with E-state index in [2.05, 4.69) is 0 Å². The lowest BCUT2D eigenvalue weighted by molar-refractivity contribution is -0.169. The Labute approximate surface area is 140 Å². The van der Waals surface area contributed by atoms with E-state index in [0.717, 1.165) is 17.4 Å². The van der Waals surface area contributed by atoms with Gasteiger partial charge in [0.25, 0.3) is 0 Å². The summed E-state index contributed by atoms with van der Waals surface area (Å²) in [6.45, 7) is 7.55. The Hall–Kier alpha value is -2.30. The van der Waals surface area contributed by atoms with Gasteiger partial charge in [0.15, 0.2) is 0 Å². The molecule has 3 rings (SSSR count). The summed E-state index contributed by atoms with van der Waals surface area (Å²) in [5, 5.41) is 0.854. The number of esters is 1. The van der Waals surface area contributed by atoms with Gasteiger partial charge in [-0.05, 0) is 38.0 Å². The maximum Gasteiger partial charge on any atom is 0.336 e. The third kappa shape index (κ3) is 3.03. The fraction of sp³-hybridized carbons (Fsp3) is 0.474. The Bertz CT molecular complexity index is 833. The van der Waals surface area contributed by atoms with Crippen molar-refractivity contribution in [1.29, 1.82) is 0 Å². The van der Waals surface area contributed by atoms with Crippen LogP contribution >= 0.6 is 0 Å². The third-order valence-electron chi connectivity index (χ3n) is 4.63. The highest BCUT2D eigenvalue weighted by Gasteiger charge is 2.40. The van der Waals surface area contributed by atoms with E-state index in [4.69, 9.17) is 13.9 Å². The molecule has 0 saturated heterocycles. The molecular formula is C19H22O5. The molecule has 5 heteroatoms. The van der Waals surface area contributed by atoms with Gasteiger partial charge >= 0.3 is 11.6 Å². The summed E-state index contributed by atoms with van der Waals surface area (Å²) in [4.78, 5) is 23.5. The fourth-order valence-electron chi connectivity index (χ4n) is 2.79. The van der Waals surface area contributed by atoms with E-state index >= 15 is 0 Å². The van der Waals surface area contributed by atoms with Crippen LogP contribution in [0.1, 0.15) is 39.7 Å². The molecule has 0 bridgehead atoms. The van der Waals surface area contributed by atoms with Crippen molar-refractivity contribution in [1.82, 2.24) is 0 Å². The molecule has 0 saturated carbocycles. The molecule has 0 amide bonds. The maximum atomic E-state index is 12.1. The zero-order valence-corrected chi connectivity index (χ0v) is 14.4. The van der Waals surface area contributed by atoms with Crippen molar-refractivity contribution in [3.8, 4) is 5.75 Å². The van der Waals surface area contributed by atoms with Gasteiger partial charge in [-0.3, -0.25) is 4.79 Å². The number of benzene rings is 1. The summed E-state index contributed by atoms with van der Waals surface area (Å²) in [5.74, 6) is 0.331. The number of carbonyl (C=O) groups excluding carboxylic acids is 1. The Morgan fingerprint density at radius 1 is 1.38 bits per heavy atom. The van der Waals surface area contributed by atoms with E-state index in [1.807, 2.05) is 33.8 Å². The highest BCUT2D eigenvalue weighted by Crippen LogP contribution is 2.37. The lowest BCUT2D eigenvalue weighted by Crippen LogP contribution is -2.44. The largest absolute Gasteiger partial charge is 0.485 e. The van der Waals surface area contributed by atoms with Gasteiger partial charge in [-0.2, -0.15) is 0 Å². The molecule has 1 aromatic heterocycles. The van der Waals surface area contributed by atoms with Crippen LogP contribution < -0.4 is 10.4 Å². The predicted molar refractivity (Wildman–Crippen MR) is 90.2 cm³/mol. The quantitative estimate of drug-likeness (QED) is 0.634. The minimum atomic E-state index is -0.743. The summed E-state index contributed by atoms with van der Waals surface area (Å²) in [6.07, 6.45) is 1.11. The average Bonchev–Trinajstić information content (AvgIpc) is 2.95. The number of carbonyl (C=O) groups is 1. The smallest absolute Gasteiger partial charge is 0.336 e. The standard InChI is InChI=1S/C19H22O5/c1-5-11(2)18(21)24-19(3,4)16-9-13-8-12-6-7-17(20)23-14(12)10-15(13)22-16/h6-8,10-11,16H,5,9H2,1-4H3. The molecule has 5 nitrogen and oxygen atoms in total. The van der Waals surface area contributed by atoms with Gasteiger partial charge in [0.1, 0.15) is 23.0 Å². The number of ether oxygens (including phenoxy) is 2. The van der Waals surface area contributed by atoms with Crippen LogP contribution in [-0.4, -0.2) is 17.7 Å². The van der Waals surface area contributed by atoms with Gasteiger partial charge in [0.05, 0.1) is 5.92 Å². The summed E-state index contributed by atoms with van der Waals surface area (Å²) >= 11 is 0. The monoisotopic (exact) mass is 330 g/mol. The topological polar surface area (TPSA) is 65.7 Å². The molecular weight excluding hydrogens is 308 g/mol. The van der Waals surface area contributed by atoms with E-state index in [1.165, 1.54) is 6.07 Å².